The lowest BCUT2D eigenvalue weighted by atomic mass is 9.87. The summed E-state index contributed by atoms with van der Waals surface area (Å²) in [6.07, 6.45) is -0.651. The van der Waals surface area contributed by atoms with E-state index in [9.17, 15) is 9.90 Å². The van der Waals surface area contributed by atoms with Gasteiger partial charge in [0.2, 0.25) is 0 Å². The van der Waals surface area contributed by atoms with Crippen molar-refractivity contribution >= 4 is 29.3 Å². The van der Waals surface area contributed by atoms with Gasteiger partial charge in [0.15, 0.2) is 0 Å². The number of aliphatic hydroxyl groups excluding tert-OH is 1. The number of amides is 1. The van der Waals surface area contributed by atoms with E-state index >= 15 is 0 Å². The Morgan fingerprint density at radius 2 is 1.79 bits per heavy atom. The van der Waals surface area contributed by atoms with E-state index < -0.39 is 12.3 Å². The highest BCUT2D eigenvalue weighted by molar-refractivity contribution is 6.42. The van der Waals surface area contributed by atoms with Gasteiger partial charge in [-0.2, -0.15) is 0 Å². The van der Waals surface area contributed by atoms with Crippen LogP contribution < -0.4 is 5.32 Å². The summed E-state index contributed by atoms with van der Waals surface area (Å²) >= 11 is 12.1. The van der Waals surface area contributed by atoms with Gasteiger partial charge < -0.3 is 9.84 Å². The molecule has 128 valence electrons. The van der Waals surface area contributed by atoms with E-state index in [0.717, 1.165) is 11.1 Å². The van der Waals surface area contributed by atoms with E-state index in [0.29, 0.717) is 22.9 Å². The van der Waals surface area contributed by atoms with Gasteiger partial charge in [0.1, 0.15) is 6.23 Å². The molecule has 0 heterocycles. The van der Waals surface area contributed by atoms with Gasteiger partial charge in [0.05, 0.1) is 17.2 Å². The third kappa shape index (κ3) is 5.13. The molecule has 2 aromatic rings. The highest BCUT2D eigenvalue weighted by Crippen LogP contribution is 2.33. The fourth-order valence-corrected chi connectivity index (χ4v) is 2.84. The minimum Gasteiger partial charge on any atom is -0.453 e. The lowest BCUT2D eigenvalue weighted by molar-refractivity contribution is 0.103. The van der Waals surface area contributed by atoms with E-state index in [2.05, 4.69) is 10.1 Å². The molecule has 2 rings (SSSR count). The van der Waals surface area contributed by atoms with Crippen molar-refractivity contribution in [2.45, 2.75) is 25.0 Å². The Kier molecular flexibility index (Phi) is 6.91. The van der Waals surface area contributed by atoms with Gasteiger partial charge in [-0.1, -0.05) is 59.6 Å². The van der Waals surface area contributed by atoms with Crippen molar-refractivity contribution in [1.82, 2.24) is 5.32 Å². The van der Waals surface area contributed by atoms with Gasteiger partial charge in [0.25, 0.3) is 0 Å². The maximum atomic E-state index is 11.2. The number of ether oxygens (including phenoxy) is 1. The molecule has 2 N–H and O–H groups in total. The first-order valence-corrected chi connectivity index (χ1v) is 8.29. The number of carbonyl (C=O) groups excluding carboxylic acids is 1. The Bertz CT molecular complexity index is 679. The van der Waals surface area contributed by atoms with Gasteiger partial charge >= 0.3 is 6.09 Å². The first kappa shape index (κ1) is 18.6. The fraction of sp³-hybridized carbons (Fsp3) is 0.278. The van der Waals surface area contributed by atoms with E-state index in [1.165, 1.54) is 7.11 Å². The Balaban J connectivity index is 2.18. The summed E-state index contributed by atoms with van der Waals surface area (Å²) in [4.78, 5) is 11.2. The molecule has 0 radical (unpaired) electrons. The summed E-state index contributed by atoms with van der Waals surface area (Å²) in [5.41, 5.74) is 2.10. The number of aliphatic hydroxyl groups is 1. The third-order valence-corrected chi connectivity index (χ3v) is 4.49. The monoisotopic (exact) mass is 367 g/mol. The molecule has 1 amide bonds. The second-order valence-corrected chi connectivity index (χ2v) is 6.18. The molecule has 0 aliphatic rings. The van der Waals surface area contributed by atoms with Crippen molar-refractivity contribution in [3.8, 4) is 0 Å². The van der Waals surface area contributed by atoms with E-state index in [1.807, 2.05) is 42.5 Å². The molecule has 4 nitrogen and oxygen atoms in total. The topological polar surface area (TPSA) is 58.6 Å². The Labute approximate surface area is 151 Å². The molecule has 0 aromatic heterocycles. The molecule has 0 saturated carbocycles. The Morgan fingerprint density at radius 3 is 2.42 bits per heavy atom. The molecular weight excluding hydrogens is 349 g/mol. The molecule has 0 fully saturated rings. The summed E-state index contributed by atoms with van der Waals surface area (Å²) in [5, 5.41) is 13.3. The van der Waals surface area contributed by atoms with Crippen LogP contribution in [0.2, 0.25) is 10.0 Å². The largest absolute Gasteiger partial charge is 0.453 e. The molecule has 0 aliphatic carbocycles. The number of hydrogen-bond acceptors (Lipinski definition) is 3. The van der Waals surface area contributed by atoms with Crippen LogP contribution in [0.5, 0.6) is 0 Å². The summed E-state index contributed by atoms with van der Waals surface area (Å²) in [6.45, 7) is 0. The first-order valence-electron chi connectivity index (χ1n) is 7.53. The molecule has 0 spiro atoms. The molecule has 0 aliphatic heterocycles. The molecule has 2 unspecified atom stereocenters. The first-order chi connectivity index (χ1) is 11.5. The van der Waals surface area contributed by atoms with Gasteiger partial charge in [0, 0.05) is 5.92 Å². The molecule has 0 bridgehead atoms. The number of benzene rings is 2. The quantitative estimate of drug-likeness (QED) is 0.734. The second-order valence-electron chi connectivity index (χ2n) is 5.37. The molecular formula is C18H19Cl2NO3. The van der Waals surface area contributed by atoms with Gasteiger partial charge in [-0.05, 0) is 36.1 Å². The number of halogens is 2. The van der Waals surface area contributed by atoms with Crippen LogP contribution in [0.15, 0.2) is 48.5 Å². The Morgan fingerprint density at radius 1 is 1.08 bits per heavy atom. The number of carbonyl (C=O) groups is 1. The average molecular weight is 368 g/mol. The van der Waals surface area contributed by atoms with Crippen molar-refractivity contribution in [3.05, 3.63) is 69.7 Å². The van der Waals surface area contributed by atoms with E-state index in [1.54, 1.807) is 6.07 Å². The molecule has 2 atom stereocenters. The van der Waals surface area contributed by atoms with Crippen molar-refractivity contribution in [2.24, 2.45) is 0 Å². The second kappa shape index (κ2) is 8.92. The van der Waals surface area contributed by atoms with Crippen LogP contribution in [0.3, 0.4) is 0 Å². The van der Waals surface area contributed by atoms with Crippen molar-refractivity contribution in [2.75, 3.05) is 7.11 Å². The van der Waals surface area contributed by atoms with Gasteiger partial charge in [-0.3, -0.25) is 5.32 Å². The maximum absolute atomic E-state index is 11.2. The summed E-state index contributed by atoms with van der Waals surface area (Å²) in [6, 6.07) is 15.4. The van der Waals surface area contributed by atoms with Crippen LogP contribution in [0.25, 0.3) is 0 Å². The fourth-order valence-electron chi connectivity index (χ4n) is 2.53. The number of rotatable bonds is 6. The molecule has 24 heavy (non-hydrogen) atoms. The SMILES string of the molecule is COC(=O)NC(O)CCC(c1ccccc1)c1ccc(Cl)c(Cl)c1. The zero-order valence-electron chi connectivity index (χ0n) is 13.2. The normalized spacial score (nSPS) is 13.2. The van der Waals surface area contributed by atoms with Gasteiger partial charge in [-0.25, -0.2) is 4.79 Å². The maximum Gasteiger partial charge on any atom is 0.408 e. The molecule has 6 heteroatoms. The number of alkyl carbamates (subject to hydrolysis) is 1. The predicted octanol–water partition coefficient (Wildman–Crippen LogP) is 4.58. The average Bonchev–Trinajstić information content (AvgIpc) is 2.59. The lowest BCUT2D eigenvalue weighted by Crippen LogP contribution is -2.34. The van der Waals surface area contributed by atoms with Crippen molar-refractivity contribution < 1.29 is 14.6 Å². The van der Waals surface area contributed by atoms with Crippen molar-refractivity contribution in [3.63, 3.8) is 0 Å². The zero-order valence-corrected chi connectivity index (χ0v) is 14.7. The van der Waals surface area contributed by atoms with Crippen LogP contribution in [-0.2, 0) is 4.74 Å². The minimum absolute atomic E-state index is 0.0232. The molecule has 0 saturated heterocycles. The number of nitrogens with one attached hydrogen (secondary N) is 1. The van der Waals surface area contributed by atoms with Crippen molar-refractivity contribution in [1.29, 1.82) is 0 Å². The molecule has 2 aromatic carbocycles. The van der Waals surface area contributed by atoms with Crippen LogP contribution >= 0.6 is 23.2 Å². The van der Waals surface area contributed by atoms with Crippen LogP contribution in [-0.4, -0.2) is 24.5 Å². The third-order valence-electron chi connectivity index (χ3n) is 3.75. The minimum atomic E-state index is -0.980. The standard InChI is InChI=1S/C18H19Cl2NO3/c1-24-18(23)21-17(22)10-8-14(12-5-3-2-4-6-12)13-7-9-15(19)16(20)11-13/h2-7,9,11,14,17,22H,8,10H2,1H3,(H,21,23). The predicted molar refractivity (Wildman–Crippen MR) is 95.5 cm³/mol. The summed E-state index contributed by atoms with van der Waals surface area (Å²) in [7, 11) is 1.25. The summed E-state index contributed by atoms with van der Waals surface area (Å²) < 4.78 is 4.48. The highest BCUT2D eigenvalue weighted by Gasteiger charge is 2.18. The van der Waals surface area contributed by atoms with Crippen LogP contribution in [0.1, 0.15) is 29.9 Å². The van der Waals surface area contributed by atoms with Crippen LogP contribution in [0, 0.1) is 0 Å². The number of hydrogen-bond donors (Lipinski definition) is 2. The number of methoxy groups -OCH3 is 1. The Hall–Kier alpha value is -1.75. The summed E-state index contributed by atoms with van der Waals surface area (Å²) in [5.74, 6) is 0.0232. The van der Waals surface area contributed by atoms with Gasteiger partial charge in [-0.15, -0.1) is 0 Å². The zero-order chi connectivity index (χ0) is 17.5. The van der Waals surface area contributed by atoms with E-state index in [-0.39, 0.29) is 5.92 Å². The highest BCUT2D eigenvalue weighted by atomic mass is 35.5. The van der Waals surface area contributed by atoms with Crippen LogP contribution in [0.4, 0.5) is 4.79 Å². The smallest absolute Gasteiger partial charge is 0.408 e. The van der Waals surface area contributed by atoms with E-state index in [4.69, 9.17) is 23.2 Å². The lowest BCUT2D eigenvalue weighted by Gasteiger charge is -2.20.